The first-order chi connectivity index (χ1) is 10.3. The van der Waals surface area contributed by atoms with Gasteiger partial charge in [0.2, 0.25) is 11.8 Å². The van der Waals surface area contributed by atoms with Gasteiger partial charge >= 0.3 is 0 Å². The van der Waals surface area contributed by atoms with Crippen LogP contribution in [0.4, 0.5) is 5.95 Å². The molecular weight excluding hydrogens is 268 g/mol. The van der Waals surface area contributed by atoms with Crippen molar-refractivity contribution < 1.29 is 9.47 Å². The predicted octanol–water partition coefficient (Wildman–Crippen LogP) is 1.30. The van der Waals surface area contributed by atoms with E-state index in [0.717, 1.165) is 51.5 Å². The first kappa shape index (κ1) is 14.1. The van der Waals surface area contributed by atoms with Gasteiger partial charge < -0.3 is 14.4 Å². The number of ether oxygens (including phenoxy) is 2. The molecule has 0 aliphatic carbocycles. The Kier molecular flexibility index (Phi) is 4.55. The highest BCUT2D eigenvalue weighted by Gasteiger charge is 2.22. The van der Waals surface area contributed by atoms with Crippen molar-refractivity contribution in [2.45, 2.75) is 18.9 Å². The van der Waals surface area contributed by atoms with Gasteiger partial charge in [-0.25, -0.2) is 4.98 Å². The van der Waals surface area contributed by atoms with E-state index in [2.05, 4.69) is 25.8 Å². The molecule has 21 heavy (non-hydrogen) atoms. The zero-order valence-corrected chi connectivity index (χ0v) is 12.4. The SMILES string of the molecule is COc1ccnc(N2CCN(CC3CCC=CO3)CC2)n1. The Morgan fingerprint density at radius 2 is 2.19 bits per heavy atom. The number of anilines is 1. The second kappa shape index (κ2) is 6.76. The summed E-state index contributed by atoms with van der Waals surface area (Å²) >= 11 is 0. The zero-order valence-electron chi connectivity index (χ0n) is 12.4. The average molecular weight is 290 g/mol. The van der Waals surface area contributed by atoms with Crippen LogP contribution in [0.3, 0.4) is 0 Å². The van der Waals surface area contributed by atoms with Crippen molar-refractivity contribution in [2.75, 3.05) is 44.7 Å². The van der Waals surface area contributed by atoms with E-state index in [9.17, 15) is 0 Å². The maximum atomic E-state index is 5.65. The van der Waals surface area contributed by atoms with Gasteiger partial charge in [-0.15, -0.1) is 0 Å². The Morgan fingerprint density at radius 3 is 2.90 bits per heavy atom. The Hall–Kier alpha value is -1.82. The minimum absolute atomic E-state index is 0.342. The molecule has 6 heteroatoms. The largest absolute Gasteiger partial charge is 0.497 e. The molecule has 6 nitrogen and oxygen atoms in total. The summed E-state index contributed by atoms with van der Waals surface area (Å²) in [5.74, 6) is 1.37. The Morgan fingerprint density at radius 1 is 1.33 bits per heavy atom. The van der Waals surface area contributed by atoms with Crippen molar-refractivity contribution in [1.82, 2.24) is 14.9 Å². The van der Waals surface area contributed by atoms with Crippen molar-refractivity contribution in [1.29, 1.82) is 0 Å². The third-order valence-corrected chi connectivity index (χ3v) is 3.97. The lowest BCUT2D eigenvalue weighted by Crippen LogP contribution is -2.49. The molecule has 0 radical (unpaired) electrons. The van der Waals surface area contributed by atoms with Crippen LogP contribution < -0.4 is 9.64 Å². The highest BCUT2D eigenvalue weighted by molar-refractivity contribution is 5.32. The third-order valence-electron chi connectivity index (χ3n) is 3.97. The fourth-order valence-corrected chi connectivity index (χ4v) is 2.74. The number of piperazine rings is 1. The average Bonchev–Trinajstić information content (AvgIpc) is 2.56. The normalized spacial score (nSPS) is 22.9. The van der Waals surface area contributed by atoms with Crippen LogP contribution in [-0.4, -0.2) is 60.8 Å². The highest BCUT2D eigenvalue weighted by atomic mass is 16.5. The number of rotatable bonds is 4. The van der Waals surface area contributed by atoms with Crippen molar-refractivity contribution in [3.8, 4) is 5.88 Å². The Balaban J connectivity index is 1.51. The van der Waals surface area contributed by atoms with Crippen molar-refractivity contribution >= 4 is 5.95 Å². The number of methoxy groups -OCH3 is 1. The standard InChI is InChI=1S/C15H22N4O2/c1-20-14-5-6-16-15(17-14)19-9-7-18(8-10-19)12-13-4-2-3-11-21-13/h3,5-6,11,13H,2,4,7-10,12H2,1H3. The summed E-state index contributed by atoms with van der Waals surface area (Å²) in [6.45, 7) is 4.93. The Bertz CT molecular complexity index is 486. The van der Waals surface area contributed by atoms with Crippen LogP contribution in [0, 0.1) is 0 Å². The van der Waals surface area contributed by atoms with Crippen LogP contribution in [-0.2, 0) is 4.74 Å². The minimum atomic E-state index is 0.342. The molecular formula is C15H22N4O2. The maximum Gasteiger partial charge on any atom is 0.228 e. The van der Waals surface area contributed by atoms with Crippen LogP contribution in [0.1, 0.15) is 12.8 Å². The number of aromatic nitrogens is 2. The van der Waals surface area contributed by atoms with Gasteiger partial charge in [0.05, 0.1) is 13.4 Å². The molecule has 3 heterocycles. The van der Waals surface area contributed by atoms with Gasteiger partial charge in [-0.05, 0) is 18.9 Å². The van der Waals surface area contributed by atoms with Gasteiger partial charge in [-0.2, -0.15) is 4.98 Å². The smallest absolute Gasteiger partial charge is 0.228 e. The van der Waals surface area contributed by atoms with E-state index in [-0.39, 0.29) is 0 Å². The highest BCUT2D eigenvalue weighted by Crippen LogP contribution is 2.16. The summed E-state index contributed by atoms with van der Waals surface area (Å²) in [4.78, 5) is 13.4. The van der Waals surface area contributed by atoms with Crippen molar-refractivity contribution in [3.63, 3.8) is 0 Å². The molecule has 0 aromatic carbocycles. The maximum absolute atomic E-state index is 5.65. The summed E-state index contributed by atoms with van der Waals surface area (Å²) in [5.41, 5.74) is 0. The van der Waals surface area contributed by atoms with E-state index < -0.39 is 0 Å². The zero-order chi connectivity index (χ0) is 14.5. The third kappa shape index (κ3) is 3.64. The molecule has 114 valence electrons. The second-order valence-corrected chi connectivity index (χ2v) is 5.39. The van der Waals surface area contributed by atoms with Gasteiger partial charge in [0.25, 0.3) is 0 Å². The van der Waals surface area contributed by atoms with Crippen LogP contribution in [0.5, 0.6) is 5.88 Å². The van der Waals surface area contributed by atoms with Gasteiger partial charge in [-0.3, -0.25) is 4.90 Å². The molecule has 1 fully saturated rings. The molecule has 3 rings (SSSR count). The lowest BCUT2D eigenvalue weighted by molar-refractivity contribution is 0.0765. The van der Waals surface area contributed by atoms with E-state index in [1.807, 2.05) is 6.26 Å². The van der Waals surface area contributed by atoms with E-state index in [1.54, 1.807) is 19.4 Å². The fraction of sp³-hybridized carbons (Fsp3) is 0.600. The lowest BCUT2D eigenvalue weighted by atomic mass is 10.1. The number of nitrogens with zero attached hydrogens (tertiary/aromatic N) is 4. The molecule has 0 bridgehead atoms. The topological polar surface area (TPSA) is 50.7 Å². The number of allylic oxidation sites excluding steroid dienone is 1. The summed E-state index contributed by atoms with van der Waals surface area (Å²) in [6.07, 6.45) is 8.27. The molecule has 1 aromatic heterocycles. The molecule has 1 aromatic rings. The van der Waals surface area contributed by atoms with Gasteiger partial charge in [-0.1, -0.05) is 0 Å². The molecule has 1 atom stereocenters. The van der Waals surface area contributed by atoms with E-state index >= 15 is 0 Å². The summed E-state index contributed by atoms with van der Waals surface area (Å²) < 4.78 is 10.8. The quantitative estimate of drug-likeness (QED) is 0.833. The van der Waals surface area contributed by atoms with Crippen molar-refractivity contribution in [3.05, 3.63) is 24.6 Å². The number of hydrogen-bond acceptors (Lipinski definition) is 6. The molecule has 0 N–H and O–H groups in total. The second-order valence-electron chi connectivity index (χ2n) is 5.39. The number of hydrogen-bond donors (Lipinski definition) is 0. The molecule has 0 spiro atoms. The van der Waals surface area contributed by atoms with Crippen LogP contribution in [0.15, 0.2) is 24.6 Å². The van der Waals surface area contributed by atoms with Gasteiger partial charge in [0.15, 0.2) is 0 Å². The van der Waals surface area contributed by atoms with Gasteiger partial charge in [0, 0.05) is 45.0 Å². The molecule has 0 saturated carbocycles. The molecule has 2 aliphatic rings. The van der Waals surface area contributed by atoms with Crippen molar-refractivity contribution in [2.24, 2.45) is 0 Å². The van der Waals surface area contributed by atoms with Gasteiger partial charge in [0.1, 0.15) is 6.10 Å². The molecule has 2 aliphatic heterocycles. The first-order valence-corrected chi connectivity index (χ1v) is 7.50. The summed E-state index contributed by atoms with van der Waals surface area (Å²) in [5, 5.41) is 0. The molecule has 1 unspecified atom stereocenters. The summed E-state index contributed by atoms with van der Waals surface area (Å²) in [7, 11) is 1.63. The van der Waals surface area contributed by atoms with E-state index in [1.165, 1.54) is 0 Å². The fourth-order valence-electron chi connectivity index (χ4n) is 2.74. The minimum Gasteiger partial charge on any atom is -0.497 e. The van der Waals surface area contributed by atoms with Crippen LogP contribution in [0.2, 0.25) is 0 Å². The van der Waals surface area contributed by atoms with E-state index in [0.29, 0.717) is 12.0 Å². The first-order valence-electron chi connectivity index (χ1n) is 7.50. The van der Waals surface area contributed by atoms with Crippen LogP contribution in [0.25, 0.3) is 0 Å². The Labute approximate surface area is 125 Å². The lowest BCUT2D eigenvalue weighted by Gasteiger charge is -2.36. The molecule has 1 saturated heterocycles. The monoisotopic (exact) mass is 290 g/mol. The molecule has 0 amide bonds. The van der Waals surface area contributed by atoms with Crippen LogP contribution >= 0.6 is 0 Å². The summed E-state index contributed by atoms with van der Waals surface area (Å²) in [6, 6.07) is 1.77. The van der Waals surface area contributed by atoms with E-state index in [4.69, 9.17) is 9.47 Å². The predicted molar refractivity (Wildman–Crippen MR) is 80.5 cm³/mol.